The molecule has 0 saturated carbocycles. The van der Waals surface area contributed by atoms with Crippen LogP contribution < -0.4 is 11.1 Å². The van der Waals surface area contributed by atoms with E-state index in [1.54, 1.807) is 7.05 Å². The Morgan fingerprint density at radius 1 is 0.929 bits per heavy atom. The molecule has 6 heteroatoms. The number of nitrogens with two attached hydrogens (primary N) is 1. The molecule has 0 bridgehead atoms. The quantitative estimate of drug-likeness (QED) is 0.413. The van der Waals surface area contributed by atoms with Gasteiger partial charge in [0, 0.05) is 18.0 Å². The molecule has 3 aromatic carbocycles. The van der Waals surface area contributed by atoms with E-state index in [1.165, 1.54) is 5.39 Å². The van der Waals surface area contributed by atoms with Gasteiger partial charge in [0.15, 0.2) is 11.6 Å². The minimum Gasteiger partial charge on any atom is -0.369 e. The van der Waals surface area contributed by atoms with Gasteiger partial charge in [0.1, 0.15) is 0 Å². The lowest BCUT2D eigenvalue weighted by molar-refractivity contribution is 1.18. The van der Waals surface area contributed by atoms with Crippen LogP contribution in [0.3, 0.4) is 0 Å². The Balaban J connectivity index is 1.86. The lowest BCUT2D eigenvalue weighted by Gasteiger charge is -2.08. The van der Waals surface area contributed by atoms with Gasteiger partial charge >= 0.3 is 0 Å². The van der Waals surface area contributed by atoms with Crippen LogP contribution in [-0.2, 0) is 0 Å². The third-order valence-electron chi connectivity index (χ3n) is 4.46. The Hall–Kier alpha value is -3.80. The van der Waals surface area contributed by atoms with Gasteiger partial charge in [-0.2, -0.15) is 4.99 Å². The topological polar surface area (TPSA) is 88.5 Å². The fraction of sp³-hybridized carbons (Fsp3) is 0.0909. The molecule has 6 nitrogen and oxygen atoms in total. The average Bonchev–Trinajstić information content (AvgIpc) is 2.73. The van der Waals surface area contributed by atoms with Crippen LogP contribution in [0.4, 0.5) is 5.82 Å². The summed E-state index contributed by atoms with van der Waals surface area (Å²) in [6.07, 6.45) is 0. The number of para-hydroxylation sites is 1. The van der Waals surface area contributed by atoms with E-state index in [4.69, 9.17) is 15.7 Å². The maximum absolute atomic E-state index is 6.03. The molecule has 0 atom stereocenters. The Morgan fingerprint density at radius 2 is 1.68 bits per heavy atom. The number of nitrogens with one attached hydrogen (secondary N) is 1. The van der Waals surface area contributed by atoms with Crippen molar-refractivity contribution in [1.82, 2.24) is 15.3 Å². The number of fused-ring (bicyclic) bond motifs is 2. The molecule has 4 aromatic rings. The van der Waals surface area contributed by atoms with Gasteiger partial charge in [-0.1, -0.05) is 48.5 Å². The fourth-order valence-electron chi connectivity index (χ4n) is 2.99. The van der Waals surface area contributed by atoms with Crippen LogP contribution >= 0.6 is 0 Å². The SMILES string of the molecule is CN=C(C)NC(N)=Nc1nc(-c2ccc3ccccc3c2)nc2ccccc12. The van der Waals surface area contributed by atoms with Crippen LogP contribution in [0.2, 0.25) is 0 Å². The monoisotopic (exact) mass is 368 g/mol. The maximum Gasteiger partial charge on any atom is 0.200 e. The van der Waals surface area contributed by atoms with E-state index >= 15 is 0 Å². The molecule has 0 fully saturated rings. The molecular formula is C22H20N6. The number of nitrogens with zero attached hydrogens (tertiary/aromatic N) is 4. The second-order valence-corrected chi connectivity index (χ2v) is 6.38. The Morgan fingerprint density at radius 3 is 2.50 bits per heavy atom. The van der Waals surface area contributed by atoms with Crippen LogP contribution in [0.5, 0.6) is 0 Å². The maximum atomic E-state index is 6.03. The van der Waals surface area contributed by atoms with Crippen LogP contribution in [0.15, 0.2) is 76.7 Å². The molecule has 3 N–H and O–H groups in total. The summed E-state index contributed by atoms with van der Waals surface area (Å²) in [6, 6.07) is 22.2. The molecule has 4 rings (SSSR count). The summed E-state index contributed by atoms with van der Waals surface area (Å²) in [7, 11) is 1.69. The zero-order valence-electron chi connectivity index (χ0n) is 15.7. The normalized spacial score (nSPS) is 12.5. The molecular weight excluding hydrogens is 348 g/mol. The van der Waals surface area contributed by atoms with Gasteiger partial charge in [0.2, 0.25) is 5.96 Å². The van der Waals surface area contributed by atoms with Crippen molar-refractivity contribution < 1.29 is 0 Å². The van der Waals surface area contributed by atoms with E-state index in [-0.39, 0.29) is 5.96 Å². The minimum atomic E-state index is 0.233. The molecule has 1 aromatic heterocycles. The molecule has 0 radical (unpaired) electrons. The number of amidine groups is 1. The van der Waals surface area contributed by atoms with Crippen LogP contribution in [0, 0.1) is 0 Å². The largest absolute Gasteiger partial charge is 0.369 e. The second kappa shape index (κ2) is 7.44. The summed E-state index contributed by atoms with van der Waals surface area (Å²) in [5, 5.41) is 6.09. The van der Waals surface area contributed by atoms with E-state index in [0.717, 1.165) is 21.9 Å². The third kappa shape index (κ3) is 3.53. The lowest BCUT2D eigenvalue weighted by Crippen LogP contribution is -2.35. The molecule has 28 heavy (non-hydrogen) atoms. The first-order valence-corrected chi connectivity index (χ1v) is 8.94. The van der Waals surface area contributed by atoms with E-state index < -0.39 is 0 Å². The number of aliphatic imine (C=N–C) groups is 2. The van der Waals surface area contributed by atoms with Gasteiger partial charge < -0.3 is 11.1 Å². The van der Waals surface area contributed by atoms with Gasteiger partial charge in [-0.3, -0.25) is 4.99 Å². The Kier molecular flexibility index (Phi) is 4.68. The van der Waals surface area contributed by atoms with Crippen molar-refractivity contribution in [1.29, 1.82) is 0 Å². The summed E-state index contributed by atoms with van der Waals surface area (Å²) < 4.78 is 0. The highest BCUT2D eigenvalue weighted by atomic mass is 15.2. The molecule has 1 heterocycles. The number of hydrogen-bond acceptors (Lipinski definition) is 4. The van der Waals surface area contributed by atoms with Crippen molar-refractivity contribution in [3.05, 3.63) is 66.7 Å². The third-order valence-corrected chi connectivity index (χ3v) is 4.46. The standard InChI is InChI=1S/C22H20N6/c1-14(24-2)25-22(23)28-21-18-9-5-6-10-19(18)26-20(27-21)17-12-11-15-7-3-4-8-16(15)13-17/h3-13H,1-2H3,(H3,23,24,25,26,27,28). The van der Waals surface area contributed by atoms with Crippen LogP contribution in [0.1, 0.15) is 6.92 Å². The second-order valence-electron chi connectivity index (χ2n) is 6.38. The van der Waals surface area contributed by atoms with Crippen LogP contribution in [-0.4, -0.2) is 28.8 Å². The summed E-state index contributed by atoms with van der Waals surface area (Å²) >= 11 is 0. The Labute approximate surface area is 162 Å². The molecule has 0 aliphatic rings. The zero-order chi connectivity index (χ0) is 19.5. The van der Waals surface area contributed by atoms with Gasteiger partial charge in [-0.25, -0.2) is 9.97 Å². The summed E-state index contributed by atoms with van der Waals surface area (Å²) in [4.78, 5) is 17.9. The van der Waals surface area contributed by atoms with E-state index in [0.29, 0.717) is 17.5 Å². The molecule has 0 unspecified atom stereocenters. The molecule has 0 aliphatic carbocycles. The number of hydrogen-bond donors (Lipinski definition) is 2. The first-order chi connectivity index (χ1) is 13.6. The van der Waals surface area contributed by atoms with Gasteiger partial charge in [0.05, 0.1) is 11.4 Å². The summed E-state index contributed by atoms with van der Waals surface area (Å²) in [5.41, 5.74) is 7.78. The summed E-state index contributed by atoms with van der Waals surface area (Å²) in [5.74, 6) is 2.03. The molecule has 0 spiro atoms. The fourth-order valence-corrected chi connectivity index (χ4v) is 2.99. The van der Waals surface area contributed by atoms with Crippen molar-refractivity contribution in [3.8, 4) is 11.4 Å². The van der Waals surface area contributed by atoms with E-state index in [2.05, 4.69) is 39.6 Å². The van der Waals surface area contributed by atoms with E-state index in [9.17, 15) is 0 Å². The van der Waals surface area contributed by atoms with Gasteiger partial charge in [-0.05, 0) is 35.9 Å². The van der Waals surface area contributed by atoms with Crippen molar-refractivity contribution in [3.63, 3.8) is 0 Å². The minimum absolute atomic E-state index is 0.233. The van der Waals surface area contributed by atoms with Gasteiger partial charge in [0.25, 0.3) is 0 Å². The smallest absolute Gasteiger partial charge is 0.200 e. The van der Waals surface area contributed by atoms with E-state index in [1.807, 2.05) is 49.4 Å². The molecule has 0 aliphatic heterocycles. The highest BCUT2D eigenvalue weighted by molar-refractivity contribution is 6.00. The van der Waals surface area contributed by atoms with Crippen molar-refractivity contribution in [2.24, 2.45) is 15.7 Å². The number of guanidine groups is 1. The number of aromatic nitrogens is 2. The molecule has 138 valence electrons. The summed E-state index contributed by atoms with van der Waals surface area (Å²) in [6.45, 7) is 1.82. The van der Waals surface area contributed by atoms with Crippen molar-refractivity contribution in [2.75, 3.05) is 7.05 Å². The first-order valence-electron chi connectivity index (χ1n) is 8.94. The van der Waals surface area contributed by atoms with Crippen LogP contribution in [0.25, 0.3) is 33.1 Å². The predicted octanol–water partition coefficient (Wildman–Crippen LogP) is 4.03. The van der Waals surface area contributed by atoms with Crippen molar-refractivity contribution in [2.45, 2.75) is 6.92 Å². The zero-order valence-corrected chi connectivity index (χ0v) is 15.7. The highest BCUT2D eigenvalue weighted by Gasteiger charge is 2.10. The van der Waals surface area contributed by atoms with Gasteiger partial charge in [-0.15, -0.1) is 0 Å². The predicted molar refractivity (Wildman–Crippen MR) is 116 cm³/mol. The molecule has 0 amide bonds. The first kappa shape index (κ1) is 17.6. The number of benzene rings is 3. The molecule has 0 saturated heterocycles. The van der Waals surface area contributed by atoms with Crippen molar-refractivity contribution >= 4 is 39.3 Å². The average molecular weight is 368 g/mol. The Bertz CT molecular complexity index is 1230. The lowest BCUT2D eigenvalue weighted by atomic mass is 10.1. The highest BCUT2D eigenvalue weighted by Crippen LogP contribution is 2.28. The number of rotatable bonds is 2.